The average molecular weight is 275 g/mol. The molecule has 4 nitrogen and oxygen atoms in total. The van der Waals surface area contributed by atoms with E-state index in [4.69, 9.17) is 4.74 Å². The largest absolute Gasteiger partial charge is 0.377 e. The van der Waals surface area contributed by atoms with Crippen molar-refractivity contribution in [2.75, 3.05) is 13.2 Å². The minimum atomic E-state index is 0.276. The fraction of sp³-hybridized carbons (Fsp3) is 0.812. The molecule has 2 saturated carbocycles. The molecule has 3 aliphatic rings. The van der Waals surface area contributed by atoms with Gasteiger partial charge in [0.25, 0.3) is 0 Å². The summed E-state index contributed by atoms with van der Waals surface area (Å²) in [6.45, 7) is 2.04. The van der Waals surface area contributed by atoms with Crippen molar-refractivity contribution in [2.45, 2.75) is 50.7 Å². The van der Waals surface area contributed by atoms with Gasteiger partial charge in [-0.15, -0.1) is 0 Å². The SMILES string of the molecule is Cn1ccc(CC2(CNC3CC3)CCOC2C2CC2)n1. The van der Waals surface area contributed by atoms with Crippen LogP contribution in [-0.4, -0.2) is 35.1 Å². The number of hydrogen-bond donors (Lipinski definition) is 1. The standard InChI is InChI=1S/C16H25N3O/c1-19-8-6-14(18-19)10-16(11-17-13-4-5-13)7-9-20-15(16)12-2-3-12/h6,8,12-13,15,17H,2-5,7,9-11H2,1H3. The lowest BCUT2D eigenvalue weighted by Crippen LogP contribution is -2.44. The predicted octanol–water partition coefficient (Wildman–Crippen LogP) is 1.90. The third-order valence-corrected chi connectivity index (χ3v) is 5.17. The van der Waals surface area contributed by atoms with Crippen LogP contribution in [0.3, 0.4) is 0 Å². The van der Waals surface area contributed by atoms with Gasteiger partial charge in [0.1, 0.15) is 0 Å². The molecule has 4 rings (SSSR count). The summed E-state index contributed by atoms with van der Waals surface area (Å²) in [5.74, 6) is 0.808. The van der Waals surface area contributed by atoms with Crippen molar-refractivity contribution >= 4 is 0 Å². The van der Waals surface area contributed by atoms with E-state index in [-0.39, 0.29) is 5.41 Å². The van der Waals surface area contributed by atoms with Gasteiger partial charge in [-0.2, -0.15) is 5.10 Å². The summed E-state index contributed by atoms with van der Waals surface area (Å²) < 4.78 is 8.07. The summed E-state index contributed by atoms with van der Waals surface area (Å²) in [6, 6.07) is 2.94. The molecule has 0 spiro atoms. The van der Waals surface area contributed by atoms with E-state index in [9.17, 15) is 0 Å². The van der Waals surface area contributed by atoms with Crippen LogP contribution in [0.15, 0.2) is 12.3 Å². The number of aromatic nitrogens is 2. The molecule has 4 heteroatoms. The lowest BCUT2D eigenvalue weighted by molar-refractivity contribution is 0.0300. The summed E-state index contributed by atoms with van der Waals surface area (Å²) in [5.41, 5.74) is 1.50. The first-order valence-corrected chi connectivity index (χ1v) is 8.09. The Hall–Kier alpha value is -0.870. The molecule has 20 heavy (non-hydrogen) atoms. The van der Waals surface area contributed by atoms with E-state index >= 15 is 0 Å². The van der Waals surface area contributed by atoms with Crippen LogP contribution >= 0.6 is 0 Å². The van der Waals surface area contributed by atoms with Gasteiger partial charge in [0.15, 0.2) is 0 Å². The number of aryl methyl sites for hydroxylation is 1. The summed E-state index contributed by atoms with van der Waals surface area (Å²) >= 11 is 0. The first-order valence-electron chi connectivity index (χ1n) is 8.09. The van der Waals surface area contributed by atoms with Crippen molar-refractivity contribution in [1.82, 2.24) is 15.1 Å². The minimum Gasteiger partial charge on any atom is -0.377 e. The van der Waals surface area contributed by atoms with Crippen LogP contribution in [0.25, 0.3) is 0 Å². The van der Waals surface area contributed by atoms with Crippen LogP contribution in [0.4, 0.5) is 0 Å². The first kappa shape index (κ1) is 12.8. The van der Waals surface area contributed by atoms with Crippen LogP contribution < -0.4 is 5.32 Å². The molecular formula is C16H25N3O. The molecule has 0 aromatic carbocycles. The van der Waals surface area contributed by atoms with Gasteiger partial charge in [-0.25, -0.2) is 0 Å². The highest BCUT2D eigenvalue weighted by Gasteiger charge is 2.51. The van der Waals surface area contributed by atoms with Crippen molar-refractivity contribution in [2.24, 2.45) is 18.4 Å². The van der Waals surface area contributed by atoms with Crippen molar-refractivity contribution in [3.8, 4) is 0 Å². The van der Waals surface area contributed by atoms with Gasteiger partial charge in [0.05, 0.1) is 11.8 Å². The van der Waals surface area contributed by atoms with Crippen LogP contribution in [0.1, 0.15) is 37.8 Å². The van der Waals surface area contributed by atoms with Crippen LogP contribution in [-0.2, 0) is 18.2 Å². The molecule has 0 radical (unpaired) electrons. The zero-order valence-electron chi connectivity index (χ0n) is 12.3. The molecule has 0 amide bonds. The Labute approximate surface area is 120 Å². The number of ether oxygens (including phenoxy) is 1. The Bertz CT molecular complexity index is 478. The van der Waals surface area contributed by atoms with Gasteiger partial charge >= 0.3 is 0 Å². The van der Waals surface area contributed by atoms with Crippen molar-refractivity contribution < 1.29 is 4.74 Å². The number of nitrogens with zero attached hydrogens (tertiary/aromatic N) is 2. The lowest BCUT2D eigenvalue weighted by Gasteiger charge is -2.34. The number of nitrogens with one attached hydrogen (secondary N) is 1. The minimum absolute atomic E-state index is 0.276. The zero-order valence-corrected chi connectivity index (χ0v) is 12.3. The highest BCUT2D eigenvalue weighted by molar-refractivity contribution is 5.10. The Morgan fingerprint density at radius 3 is 2.90 bits per heavy atom. The smallest absolute Gasteiger partial charge is 0.0676 e. The van der Waals surface area contributed by atoms with Crippen molar-refractivity contribution in [3.05, 3.63) is 18.0 Å². The molecule has 3 fully saturated rings. The first-order chi connectivity index (χ1) is 9.75. The molecule has 110 valence electrons. The monoisotopic (exact) mass is 275 g/mol. The Balaban J connectivity index is 1.53. The van der Waals surface area contributed by atoms with Crippen LogP contribution in [0.2, 0.25) is 0 Å². The molecule has 2 aliphatic carbocycles. The van der Waals surface area contributed by atoms with E-state index in [0.717, 1.165) is 31.5 Å². The normalized spacial score (nSPS) is 33.8. The zero-order chi connectivity index (χ0) is 13.6. The Morgan fingerprint density at radius 1 is 1.40 bits per heavy atom. The number of rotatable bonds is 6. The third-order valence-electron chi connectivity index (χ3n) is 5.17. The summed E-state index contributed by atoms with van der Waals surface area (Å²) in [4.78, 5) is 0. The topological polar surface area (TPSA) is 39.1 Å². The quantitative estimate of drug-likeness (QED) is 0.862. The molecule has 1 saturated heterocycles. The van der Waals surface area contributed by atoms with Gasteiger partial charge < -0.3 is 10.1 Å². The molecule has 2 heterocycles. The second-order valence-corrected chi connectivity index (χ2v) is 7.05. The number of hydrogen-bond acceptors (Lipinski definition) is 3. The maximum absolute atomic E-state index is 6.15. The molecular weight excluding hydrogens is 250 g/mol. The molecule has 1 N–H and O–H groups in total. The summed E-state index contributed by atoms with van der Waals surface area (Å²) in [5, 5.41) is 8.37. The molecule has 1 aromatic rings. The average Bonchev–Trinajstić information content (AvgIpc) is 3.35. The molecule has 1 aromatic heterocycles. The van der Waals surface area contributed by atoms with Gasteiger partial charge in [0, 0.05) is 44.3 Å². The van der Waals surface area contributed by atoms with Gasteiger partial charge in [-0.1, -0.05) is 0 Å². The highest BCUT2D eigenvalue weighted by Crippen LogP contribution is 2.49. The van der Waals surface area contributed by atoms with Gasteiger partial charge in [-0.05, 0) is 44.1 Å². The summed E-state index contributed by atoms with van der Waals surface area (Å²) in [7, 11) is 2.00. The maximum atomic E-state index is 6.15. The molecule has 2 atom stereocenters. The third kappa shape index (κ3) is 2.51. The maximum Gasteiger partial charge on any atom is 0.0676 e. The summed E-state index contributed by atoms with van der Waals surface area (Å²) in [6.07, 6.45) is 10.2. The van der Waals surface area contributed by atoms with Gasteiger partial charge in [0.2, 0.25) is 0 Å². The molecule has 0 bridgehead atoms. The van der Waals surface area contributed by atoms with E-state index in [1.54, 1.807) is 0 Å². The fourth-order valence-corrected chi connectivity index (χ4v) is 3.74. The Morgan fingerprint density at radius 2 is 2.25 bits per heavy atom. The van der Waals surface area contributed by atoms with E-state index < -0.39 is 0 Å². The van der Waals surface area contributed by atoms with Crippen molar-refractivity contribution in [1.29, 1.82) is 0 Å². The van der Waals surface area contributed by atoms with Crippen molar-refractivity contribution in [3.63, 3.8) is 0 Å². The van der Waals surface area contributed by atoms with Crippen LogP contribution in [0, 0.1) is 11.3 Å². The second-order valence-electron chi connectivity index (χ2n) is 7.05. The van der Waals surface area contributed by atoms with Gasteiger partial charge in [-0.3, -0.25) is 4.68 Å². The second kappa shape index (κ2) is 4.85. The predicted molar refractivity (Wildman–Crippen MR) is 77.5 cm³/mol. The Kier molecular flexibility index (Phi) is 3.11. The van der Waals surface area contributed by atoms with E-state index in [1.807, 2.05) is 11.7 Å². The van der Waals surface area contributed by atoms with Crippen LogP contribution in [0.5, 0.6) is 0 Å². The van der Waals surface area contributed by atoms with E-state index in [1.165, 1.54) is 37.8 Å². The lowest BCUT2D eigenvalue weighted by atomic mass is 9.75. The van der Waals surface area contributed by atoms with E-state index in [2.05, 4.69) is 22.7 Å². The highest BCUT2D eigenvalue weighted by atomic mass is 16.5. The molecule has 2 unspecified atom stereocenters. The molecule has 1 aliphatic heterocycles. The fourth-order valence-electron chi connectivity index (χ4n) is 3.74. The van der Waals surface area contributed by atoms with E-state index in [0.29, 0.717) is 6.10 Å².